The summed E-state index contributed by atoms with van der Waals surface area (Å²) < 4.78 is 10.7. The van der Waals surface area contributed by atoms with Crippen molar-refractivity contribution in [3.8, 4) is 11.5 Å². The lowest BCUT2D eigenvalue weighted by Gasteiger charge is -2.24. The van der Waals surface area contributed by atoms with E-state index in [0.717, 1.165) is 23.6 Å². The minimum absolute atomic E-state index is 0.232. The quantitative estimate of drug-likeness (QED) is 0.821. The molecule has 1 aromatic rings. The van der Waals surface area contributed by atoms with E-state index in [0.29, 0.717) is 6.04 Å². The zero-order chi connectivity index (χ0) is 14.4. The van der Waals surface area contributed by atoms with Gasteiger partial charge in [0, 0.05) is 30.3 Å². The average molecular weight is 266 g/mol. The summed E-state index contributed by atoms with van der Waals surface area (Å²) in [5.74, 6) is 1.67. The van der Waals surface area contributed by atoms with Crippen LogP contribution in [0.25, 0.3) is 0 Å². The molecule has 4 heteroatoms. The fraction of sp³-hybridized carbons (Fsp3) is 0.600. The van der Waals surface area contributed by atoms with Crippen LogP contribution in [-0.2, 0) is 0 Å². The van der Waals surface area contributed by atoms with E-state index in [1.54, 1.807) is 14.2 Å². The maximum Gasteiger partial charge on any atom is 0.127 e. The molecule has 0 saturated carbocycles. The molecule has 0 aliphatic heterocycles. The second kappa shape index (κ2) is 7.36. The predicted octanol–water partition coefficient (Wildman–Crippen LogP) is 2.30. The molecule has 0 amide bonds. The van der Waals surface area contributed by atoms with E-state index in [-0.39, 0.29) is 6.04 Å². The van der Waals surface area contributed by atoms with E-state index in [9.17, 15) is 0 Å². The summed E-state index contributed by atoms with van der Waals surface area (Å²) in [5.41, 5.74) is 1.15. The topological polar surface area (TPSA) is 33.7 Å². The molecule has 0 aliphatic rings. The largest absolute Gasteiger partial charge is 0.497 e. The van der Waals surface area contributed by atoms with Crippen molar-refractivity contribution in [2.24, 2.45) is 0 Å². The van der Waals surface area contributed by atoms with Crippen LogP contribution in [0.3, 0.4) is 0 Å². The lowest BCUT2D eigenvalue weighted by molar-refractivity contribution is 0.330. The van der Waals surface area contributed by atoms with Crippen LogP contribution in [0, 0.1) is 0 Å². The van der Waals surface area contributed by atoms with Crippen molar-refractivity contribution in [3.05, 3.63) is 23.8 Å². The van der Waals surface area contributed by atoms with E-state index in [1.165, 1.54) is 0 Å². The fourth-order valence-electron chi connectivity index (χ4n) is 2.29. The first-order chi connectivity index (χ1) is 8.97. The highest BCUT2D eigenvalue weighted by Gasteiger charge is 2.14. The molecule has 0 bridgehead atoms. The Balaban J connectivity index is 2.78. The highest BCUT2D eigenvalue weighted by Crippen LogP contribution is 2.29. The smallest absolute Gasteiger partial charge is 0.127 e. The minimum atomic E-state index is 0.232. The van der Waals surface area contributed by atoms with E-state index >= 15 is 0 Å². The van der Waals surface area contributed by atoms with Crippen molar-refractivity contribution in [1.82, 2.24) is 10.2 Å². The molecule has 0 aliphatic carbocycles. The lowest BCUT2D eigenvalue weighted by Crippen LogP contribution is -2.37. The van der Waals surface area contributed by atoms with Gasteiger partial charge >= 0.3 is 0 Å². The van der Waals surface area contributed by atoms with Gasteiger partial charge in [-0.2, -0.15) is 0 Å². The molecular weight excluding hydrogens is 240 g/mol. The number of methoxy groups -OCH3 is 2. The highest BCUT2D eigenvalue weighted by molar-refractivity contribution is 5.42. The molecule has 0 spiro atoms. The number of hydrogen-bond acceptors (Lipinski definition) is 4. The second-order valence-corrected chi connectivity index (χ2v) is 5.16. The summed E-state index contributed by atoms with van der Waals surface area (Å²) in [6.07, 6.45) is 0. The first kappa shape index (κ1) is 15.8. The summed E-state index contributed by atoms with van der Waals surface area (Å²) in [6, 6.07) is 6.58. The van der Waals surface area contributed by atoms with Crippen molar-refractivity contribution >= 4 is 0 Å². The Morgan fingerprint density at radius 3 is 2.37 bits per heavy atom. The molecule has 0 saturated heterocycles. The number of likely N-dealkylation sites (N-methyl/N-ethyl adjacent to an activating group) is 1. The molecule has 0 radical (unpaired) electrons. The van der Waals surface area contributed by atoms with Crippen molar-refractivity contribution in [2.75, 3.05) is 34.9 Å². The van der Waals surface area contributed by atoms with Crippen molar-refractivity contribution in [2.45, 2.75) is 25.9 Å². The number of hydrogen-bond donors (Lipinski definition) is 1. The van der Waals surface area contributed by atoms with Gasteiger partial charge in [-0.3, -0.25) is 0 Å². The third-order valence-electron chi connectivity index (χ3n) is 3.08. The number of nitrogens with zero attached hydrogens (tertiary/aromatic N) is 1. The summed E-state index contributed by atoms with van der Waals surface area (Å²) in [6.45, 7) is 5.34. The Kier molecular flexibility index (Phi) is 6.12. The van der Waals surface area contributed by atoms with E-state index in [4.69, 9.17) is 9.47 Å². The van der Waals surface area contributed by atoms with Gasteiger partial charge in [-0.15, -0.1) is 0 Å². The first-order valence-corrected chi connectivity index (χ1v) is 6.60. The van der Waals surface area contributed by atoms with Gasteiger partial charge in [0.05, 0.1) is 14.2 Å². The summed E-state index contributed by atoms with van der Waals surface area (Å²) in [7, 11) is 7.51. The Morgan fingerprint density at radius 2 is 1.84 bits per heavy atom. The van der Waals surface area contributed by atoms with Gasteiger partial charge in [-0.05, 0) is 34.0 Å². The molecule has 108 valence electrons. The van der Waals surface area contributed by atoms with Crippen molar-refractivity contribution < 1.29 is 9.47 Å². The van der Waals surface area contributed by atoms with Crippen LogP contribution in [0.1, 0.15) is 25.5 Å². The van der Waals surface area contributed by atoms with Gasteiger partial charge < -0.3 is 19.7 Å². The highest BCUT2D eigenvalue weighted by atomic mass is 16.5. The van der Waals surface area contributed by atoms with Crippen LogP contribution in [0.2, 0.25) is 0 Å². The van der Waals surface area contributed by atoms with Gasteiger partial charge in [-0.25, -0.2) is 0 Å². The molecule has 0 heterocycles. The summed E-state index contributed by atoms with van der Waals surface area (Å²) >= 11 is 0. The monoisotopic (exact) mass is 266 g/mol. The molecule has 19 heavy (non-hydrogen) atoms. The Bertz CT molecular complexity index is 394. The maximum atomic E-state index is 5.44. The van der Waals surface area contributed by atoms with Gasteiger partial charge in [0.1, 0.15) is 11.5 Å². The van der Waals surface area contributed by atoms with Gasteiger partial charge in [-0.1, -0.05) is 6.07 Å². The van der Waals surface area contributed by atoms with Crippen LogP contribution in [-0.4, -0.2) is 45.8 Å². The molecule has 1 N–H and O–H groups in total. The zero-order valence-electron chi connectivity index (χ0n) is 12.9. The minimum Gasteiger partial charge on any atom is -0.497 e. The summed E-state index contributed by atoms with van der Waals surface area (Å²) in [5, 5.41) is 3.58. The molecule has 0 aromatic heterocycles. The number of ether oxygens (including phenoxy) is 2. The van der Waals surface area contributed by atoms with Gasteiger partial charge in [0.15, 0.2) is 0 Å². The van der Waals surface area contributed by atoms with Crippen LogP contribution in [0.4, 0.5) is 0 Å². The molecule has 2 atom stereocenters. The van der Waals surface area contributed by atoms with Crippen LogP contribution in [0.5, 0.6) is 11.5 Å². The van der Waals surface area contributed by atoms with Gasteiger partial charge in [0.2, 0.25) is 0 Å². The fourth-order valence-corrected chi connectivity index (χ4v) is 2.29. The SMILES string of the molecule is COc1ccc(C(C)NC(C)CN(C)C)c(OC)c1. The lowest BCUT2D eigenvalue weighted by atomic mass is 10.1. The van der Waals surface area contributed by atoms with Crippen LogP contribution < -0.4 is 14.8 Å². The third-order valence-corrected chi connectivity index (χ3v) is 3.08. The maximum absolute atomic E-state index is 5.44. The number of benzene rings is 1. The van der Waals surface area contributed by atoms with Crippen molar-refractivity contribution in [1.29, 1.82) is 0 Å². The van der Waals surface area contributed by atoms with Gasteiger partial charge in [0.25, 0.3) is 0 Å². The average Bonchev–Trinajstić information content (AvgIpc) is 2.36. The Labute approximate surface area is 116 Å². The molecule has 4 nitrogen and oxygen atoms in total. The van der Waals surface area contributed by atoms with Crippen molar-refractivity contribution in [3.63, 3.8) is 0 Å². The number of nitrogens with one attached hydrogen (secondary N) is 1. The molecule has 0 fully saturated rings. The normalized spacial score (nSPS) is 14.3. The summed E-state index contributed by atoms with van der Waals surface area (Å²) in [4.78, 5) is 2.18. The standard InChI is InChI=1S/C15H26N2O2/c1-11(10-17(3)4)16-12(2)14-8-7-13(18-5)9-15(14)19-6/h7-9,11-12,16H,10H2,1-6H3. The van der Waals surface area contributed by atoms with Crippen LogP contribution >= 0.6 is 0 Å². The zero-order valence-corrected chi connectivity index (χ0v) is 12.9. The molecule has 1 aromatic carbocycles. The van der Waals surface area contributed by atoms with E-state index < -0.39 is 0 Å². The molecule has 1 rings (SSSR count). The molecular formula is C15H26N2O2. The van der Waals surface area contributed by atoms with Crippen LogP contribution in [0.15, 0.2) is 18.2 Å². The first-order valence-electron chi connectivity index (χ1n) is 6.60. The Morgan fingerprint density at radius 1 is 1.16 bits per heavy atom. The number of rotatable bonds is 7. The second-order valence-electron chi connectivity index (χ2n) is 5.16. The molecule has 2 unspecified atom stereocenters. The third kappa shape index (κ3) is 4.73. The Hall–Kier alpha value is -1.26. The van der Waals surface area contributed by atoms with E-state index in [2.05, 4.69) is 44.2 Å². The predicted molar refractivity (Wildman–Crippen MR) is 79.1 cm³/mol. The van der Waals surface area contributed by atoms with E-state index in [1.807, 2.05) is 12.1 Å².